The molecule has 98 valence electrons. The van der Waals surface area contributed by atoms with Gasteiger partial charge < -0.3 is 4.74 Å². The molecule has 2 heteroatoms. The SMILES string of the molecule is CCOc1ccc(-c2ccc(C(=O)CC)cc2)cc1. The van der Waals surface area contributed by atoms with Gasteiger partial charge in [-0.25, -0.2) is 0 Å². The highest BCUT2D eigenvalue weighted by atomic mass is 16.5. The molecule has 0 aromatic heterocycles. The van der Waals surface area contributed by atoms with Crippen LogP contribution in [-0.2, 0) is 0 Å². The van der Waals surface area contributed by atoms with Gasteiger partial charge in [0.2, 0.25) is 0 Å². The minimum atomic E-state index is 0.179. The Hall–Kier alpha value is -2.09. The molecule has 0 heterocycles. The molecule has 0 bridgehead atoms. The Bertz CT molecular complexity index is 538. The number of carbonyl (C=O) groups excluding carboxylic acids is 1. The van der Waals surface area contributed by atoms with Gasteiger partial charge in [0.15, 0.2) is 5.78 Å². The largest absolute Gasteiger partial charge is 0.494 e. The number of carbonyl (C=O) groups is 1. The van der Waals surface area contributed by atoms with Crippen LogP contribution in [-0.4, -0.2) is 12.4 Å². The van der Waals surface area contributed by atoms with E-state index in [1.807, 2.05) is 62.4 Å². The van der Waals surface area contributed by atoms with Crippen LogP contribution < -0.4 is 4.74 Å². The predicted octanol–water partition coefficient (Wildman–Crippen LogP) is 4.35. The van der Waals surface area contributed by atoms with Crippen molar-refractivity contribution < 1.29 is 9.53 Å². The van der Waals surface area contributed by atoms with E-state index >= 15 is 0 Å². The molecule has 0 N–H and O–H groups in total. The molecule has 19 heavy (non-hydrogen) atoms. The van der Waals surface area contributed by atoms with Crippen LogP contribution in [0.2, 0.25) is 0 Å². The molecule has 2 nitrogen and oxygen atoms in total. The first kappa shape index (κ1) is 13.3. The minimum Gasteiger partial charge on any atom is -0.494 e. The lowest BCUT2D eigenvalue weighted by Gasteiger charge is -2.06. The van der Waals surface area contributed by atoms with Crippen LogP contribution in [0.4, 0.5) is 0 Å². The second kappa shape index (κ2) is 6.19. The van der Waals surface area contributed by atoms with E-state index in [-0.39, 0.29) is 5.78 Å². The third-order valence-electron chi connectivity index (χ3n) is 3.03. The molecule has 0 fully saturated rings. The molecule has 0 atom stereocenters. The predicted molar refractivity (Wildman–Crippen MR) is 77.7 cm³/mol. The summed E-state index contributed by atoms with van der Waals surface area (Å²) in [7, 11) is 0. The molecule has 2 rings (SSSR count). The first-order chi connectivity index (χ1) is 9.24. The van der Waals surface area contributed by atoms with Gasteiger partial charge in [0.25, 0.3) is 0 Å². The van der Waals surface area contributed by atoms with Crippen molar-refractivity contribution in [2.75, 3.05) is 6.61 Å². The van der Waals surface area contributed by atoms with Gasteiger partial charge >= 0.3 is 0 Å². The zero-order valence-electron chi connectivity index (χ0n) is 11.3. The molecule has 0 saturated heterocycles. The lowest BCUT2D eigenvalue weighted by molar-refractivity contribution is 0.0988. The van der Waals surface area contributed by atoms with Crippen molar-refractivity contribution in [2.45, 2.75) is 20.3 Å². The third kappa shape index (κ3) is 3.22. The second-order valence-electron chi connectivity index (χ2n) is 4.31. The highest BCUT2D eigenvalue weighted by molar-refractivity contribution is 5.96. The zero-order valence-corrected chi connectivity index (χ0v) is 11.3. The number of ether oxygens (including phenoxy) is 1. The van der Waals surface area contributed by atoms with E-state index in [1.165, 1.54) is 0 Å². The maximum atomic E-state index is 11.6. The Morgan fingerprint density at radius 2 is 1.42 bits per heavy atom. The molecule has 0 radical (unpaired) electrons. The van der Waals surface area contributed by atoms with Gasteiger partial charge in [-0.3, -0.25) is 4.79 Å². The van der Waals surface area contributed by atoms with E-state index < -0.39 is 0 Å². The average Bonchev–Trinajstić information content (AvgIpc) is 2.48. The van der Waals surface area contributed by atoms with Crippen LogP contribution in [0.25, 0.3) is 11.1 Å². The lowest BCUT2D eigenvalue weighted by Crippen LogP contribution is -1.95. The fourth-order valence-corrected chi connectivity index (χ4v) is 1.96. The van der Waals surface area contributed by atoms with Gasteiger partial charge in [-0.15, -0.1) is 0 Å². The number of ketones is 1. The maximum Gasteiger partial charge on any atom is 0.162 e. The van der Waals surface area contributed by atoms with E-state index in [1.54, 1.807) is 0 Å². The Morgan fingerprint density at radius 1 is 0.895 bits per heavy atom. The Labute approximate surface area is 114 Å². The fraction of sp³-hybridized carbons (Fsp3) is 0.235. The summed E-state index contributed by atoms with van der Waals surface area (Å²) in [6.45, 7) is 4.52. The first-order valence-corrected chi connectivity index (χ1v) is 6.61. The standard InChI is InChI=1S/C17H18O2/c1-3-17(18)15-7-5-13(6-8-15)14-9-11-16(12-10-14)19-4-2/h5-12H,3-4H2,1-2H3. The number of Topliss-reactive ketones (excluding diaryl/α,β-unsaturated/α-hetero) is 1. The van der Waals surface area contributed by atoms with Gasteiger partial charge in [0.1, 0.15) is 5.75 Å². The second-order valence-corrected chi connectivity index (χ2v) is 4.31. The molecule has 0 saturated carbocycles. The van der Waals surface area contributed by atoms with Gasteiger partial charge in [0.05, 0.1) is 6.61 Å². The van der Waals surface area contributed by atoms with E-state index in [0.717, 1.165) is 22.4 Å². The van der Waals surface area contributed by atoms with Crippen molar-refractivity contribution in [3.8, 4) is 16.9 Å². The van der Waals surface area contributed by atoms with Crippen LogP contribution >= 0.6 is 0 Å². The molecule has 0 aliphatic carbocycles. The summed E-state index contributed by atoms with van der Waals surface area (Å²) in [4.78, 5) is 11.6. The topological polar surface area (TPSA) is 26.3 Å². The van der Waals surface area contributed by atoms with Crippen LogP contribution in [0, 0.1) is 0 Å². The highest BCUT2D eigenvalue weighted by Crippen LogP contribution is 2.23. The van der Waals surface area contributed by atoms with Crippen LogP contribution in [0.5, 0.6) is 5.75 Å². The summed E-state index contributed by atoms with van der Waals surface area (Å²) in [5, 5.41) is 0. The average molecular weight is 254 g/mol. The van der Waals surface area contributed by atoms with Crippen molar-refractivity contribution in [3.63, 3.8) is 0 Å². The van der Waals surface area contributed by atoms with E-state index in [9.17, 15) is 4.79 Å². The van der Waals surface area contributed by atoms with Gasteiger partial charge in [-0.2, -0.15) is 0 Å². The number of hydrogen-bond acceptors (Lipinski definition) is 2. The molecular weight excluding hydrogens is 236 g/mol. The number of hydrogen-bond donors (Lipinski definition) is 0. The zero-order chi connectivity index (χ0) is 13.7. The number of benzene rings is 2. The normalized spacial score (nSPS) is 10.2. The molecular formula is C17H18O2. The van der Waals surface area contributed by atoms with Crippen molar-refractivity contribution in [2.24, 2.45) is 0 Å². The summed E-state index contributed by atoms with van der Waals surface area (Å²) in [5.41, 5.74) is 3.01. The van der Waals surface area contributed by atoms with E-state index in [0.29, 0.717) is 13.0 Å². The van der Waals surface area contributed by atoms with Gasteiger partial charge in [-0.05, 0) is 30.2 Å². The summed E-state index contributed by atoms with van der Waals surface area (Å²) >= 11 is 0. The molecule has 0 spiro atoms. The van der Waals surface area contributed by atoms with Crippen molar-refractivity contribution >= 4 is 5.78 Å². The Balaban J connectivity index is 2.19. The van der Waals surface area contributed by atoms with Crippen molar-refractivity contribution in [3.05, 3.63) is 54.1 Å². The first-order valence-electron chi connectivity index (χ1n) is 6.61. The van der Waals surface area contributed by atoms with Gasteiger partial charge in [0, 0.05) is 12.0 Å². The smallest absolute Gasteiger partial charge is 0.162 e. The molecule has 2 aromatic carbocycles. The number of rotatable bonds is 5. The van der Waals surface area contributed by atoms with Gasteiger partial charge in [-0.1, -0.05) is 43.3 Å². The van der Waals surface area contributed by atoms with Crippen LogP contribution in [0.3, 0.4) is 0 Å². The maximum absolute atomic E-state index is 11.6. The summed E-state index contributed by atoms with van der Waals surface area (Å²) in [6.07, 6.45) is 0.544. The molecule has 0 aliphatic heterocycles. The molecule has 0 amide bonds. The Kier molecular flexibility index (Phi) is 4.35. The molecule has 0 unspecified atom stereocenters. The summed E-state index contributed by atoms with van der Waals surface area (Å²) in [5.74, 6) is 1.06. The fourth-order valence-electron chi connectivity index (χ4n) is 1.96. The van der Waals surface area contributed by atoms with Crippen LogP contribution in [0.15, 0.2) is 48.5 Å². The molecule has 0 aliphatic rings. The lowest BCUT2D eigenvalue weighted by atomic mass is 10.0. The summed E-state index contributed by atoms with van der Waals surface area (Å²) < 4.78 is 5.42. The van der Waals surface area contributed by atoms with E-state index in [4.69, 9.17) is 4.74 Å². The van der Waals surface area contributed by atoms with Crippen molar-refractivity contribution in [1.29, 1.82) is 0 Å². The van der Waals surface area contributed by atoms with Crippen LogP contribution in [0.1, 0.15) is 30.6 Å². The quantitative estimate of drug-likeness (QED) is 0.742. The Morgan fingerprint density at radius 3 is 1.89 bits per heavy atom. The van der Waals surface area contributed by atoms with Crippen molar-refractivity contribution in [1.82, 2.24) is 0 Å². The minimum absolute atomic E-state index is 0.179. The monoisotopic (exact) mass is 254 g/mol. The van der Waals surface area contributed by atoms with E-state index in [2.05, 4.69) is 0 Å². The third-order valence-corrected chi connectivity index (χ3v) is 3.03. The molecule has 2 aromatic rings. The summed E-state index contributed by atoms with van der Waals surface area (Å²) in [6, 6.07) is 15.7. The highest BCUT2D eigenvalue weighted by Gasteiger charge is 2.03.